The number of aryl methyl sites for hydroxylation is 1. The number of nitrogens with one attached hydrogen (secondary N) is 1. The number of phenols is 1. The maximum atomic E-state index is 13.4. The average molecular weight is 471 g/mol. The van der Waals surface area contributed by atoms with E-state index >= 15 is 0 Å². The number of hydrogen-bond donors (Lipinski definition) is 2. The molecule has 172 valence electrons. The standard InChI is InChI=1S/C28H26N2O3S/c1-21-16-18-25(19-17-21)34(32,33)30-28(23-12-6-3-7-13-23)27(22-10-4-2-5-11-22)29-20-24-14-8-9-15-26(24)31/h2-20,27-28,30-31H,1H3/t27-,28-/m1/s1. The molecule has 0 aliphatic carbocycles. The van der Waals surface area contributed by atoms with Gasteiger partial charge in [0.1, 0.15) is 5.75 Å². The second-order valence-electron chi connectivity index (χ2n) is 8.02. The summed E-state index contributed by atoms with van der Waals surface area (Å²) in [6, 6.07) is 31.3. The zero-order chi connectivity index (χ0) is 24.0. The molecule has 0 aliphatic heterocycles. The minimum absolute atomic E-state index is 0.106. The van der Waals surface area contributed by atoms with Crippen LogP contribution in [-0.2, 0) is 10.0 Å². The van der Waals surface area contributed by atoms with Crippen molar-refractivity contribution in [2.24, 2.45) is 4.99 Å². The molecule has 0 bridgehead atoms. The predicted molar refractivity (Wildman–Crippen MR) is 136 cm³/mol. The Hall–Kier alpha value is -3.74. The van der Waals surface area contributed by atoms with Gasteiger partial charge in [-0.25, -0.2) is 13.1 Å². The minimum atomic E-state index is -3.84. The molecule has 4 aromatic carbocycles. The van der Waals surface area contributed by atoms with E-state index in [0.717, 1.165) is 16.7 Å². The van der Waals surface area contributed by atoms with Crippen molar-refractivity contribution in [2.45, 2.75) is 23.9 Å². The fourth-order valence-corrected chi connectivity index (χ4v) is 4.93. The molecule has 0 saturated heterocycles. The molecule has 0 unspecified atom stereocenters. The van der Waals surface area contributed by atoms with Crippen LogP contribution in [0.15, 0.2) is 119 Å². The number of sulfonamides is 1. The molecule has 0 heterocycles. The molecular weight excluding hydrogens is 444 g/mol. The smallest absolute Gasteiger partial charge is 0.241 e. The second kappa shape index (κ2) is 10.5. The molecule has 2 atom stereocenters. The van der Waals surface area contributed by atoms with Gasteiger partial charge in [0.05, 0.1) is 17.0 Å². The lowest BCUT2D eigenvalue weighted by Crippen LogP contribution is -2.32. The van der Waals surface area contributed by atoms with Crippen LogP contribution in [0.25, 0.3) is 0 Å². The Bertz CT molecular complexity index is 1350. The van der Waals surface area contributed by atoms with Gasteiger partial charge in [-0.05, 0) is 42.3 Å². The van der Waals surface area contributed by atoms with Crippen LogP contribution in [0.3, 0.4) is 0 Å². The second-order valence-corrected chi connectivity index (χ2v) is 9.73. The molecule has 0 aromatic heterocycles. The number of para-hydroxylation sites is 1. The van der Waals surface area contributed by atoms with E-state index in [1.807, 2.05) is 73.7 Å². The lowest BCUT2D eigenvalue weighted by molar-refractivity contribution is 0.474. The summed E-state index contributed by atoms with van der Waals surface area (Å²) in [5.41, 5.74) is 3.15. The number of aromatic hydroxyl groups is 1. The zero-order valence-electron chi connectivity index (χ0n) is 18.7. The molecule has 0 saturated carbocycles. The zero-order valence-corrected chi connectivity index (χ0v) is 19.6. The summed E-state index contributed by atoms with van der Waals surface area (Å²) in [7, 11) is -3.84. The van der Waals surface area contributed by atoms with Crippen LogP contribution < -0.4 is 4.72 Å². The van der Waals surface area contributed by atoms with Crippen molar-refractivity contribution < 1.29 is 13.5 Å². The van der Waals surface area contributed by atoms with Gasteiger partial charge in [0.2, 0.25) is 10.0 Å². The summed E-state index contributed by atoms with van der Waals surface area (Å²) in [5.74, 6) is 0.106. The number of benzene rings is 4. The van der Waals surface area contributed by atoms with Gasteiger partial charge in [-0.3, -0.25) is 4.99 Å². The van der Waals surface area contributed by atoms with Gasteiger partial charge in [0.15, 0.2) is 0 Å². The lowest BCUT2D eigenvalue weighted by atomic mass is 9.94. The van der Waals surface area contributed by atoms with E-state index in [1.165, 1.54) is 0 Å². The highest BCUT2D eigenvalue weighted by atomic mass is 32.2. The first kappa shape index (κ1) is 23.4. The average Bonchev–Trinajstić information content (AvgIpc) is 2.86. The van der Waals surface area contributed by atoms with Crippen LogP contribution in [0.1, 0.15) is 34.3 Å². The highest BCUT2D eigenvalue weighted by molar-refractivity contribution is 7.89. The van der Waals surface area contributed by atoms with Crippen molar-refractivity contribution in [1.29, 1.82) is 0 Å². The molecule has 4 rings (SSSR count). The lowest BCUT2D eigenvalue weighted by Gasteiger charge is -2.26. The monoisotopic (exact) mass is 470 g/mol. The van der Waals surface area contributed by atoms with Gasteiger partial charge in [-0.15, -0.1) is 0 Å². The Morgan fingerprint density at radius 2 is 1.32 bits per heavy atom. The van der Waals surface area contributed by atoms with Crippen LogP contribution >= 0.6 is 0 Å². The van der Waals surface area contributed by atoms with Gasteiger partial charge in [-0.1, -0.05) is 90.5 Å². The Morgan fingerprint density at radius 3 is 1.94 bits per heavy atom. The summed E-state index contributed by atoms with van der Waals surface area (Å²) in [4.78, 5) is 4.97. The highest BCUT2D eigenvalue weighted by Crippen LogP contribution is 2.34. The number of rotatable bonds is 8. The summed E-state index contributed by atoms with van der Waals surface area (Å²) in [6.45, 7) is 1.91. The quantitative estimate of drug-likeness (QED) is 0.330. The molecule has 4 aromatic rings. The fraction of sp³-hybridized carbons (Fsp3) is 0.107. The van der Waals surface area contributed by atoms with Gasteiger partial charge >= 0.3 is 0 Å². The van der Waals surface area contributed by atoms with Crippen LogP contribution in [0, 0.1) is 6.92 Å². The molecular formula is C28H26N2O3S. The largest absolute Gasteiger partial charge is 0.507 e. The maximum Gasteiger partial charge on any atom is 0.241 e. The van der Waals surface area contributed by atoms with Gasteiger partial charge in [-0.2, -0.15) is 0 Å². The summed E-state index contributed by atoms with van der Waals surface area (Å²) < 4.78 is 29.7. The van der Waals surface area contributed by atoms with Crippen LogP contribution in [0.2, 0.25) is 0 Å². The van der Waals surface area contributed by atoms with Crippen molar-refractivity contribution in [3.05, 3.63) is 131 Å². The third-order valence-electron chi connectivity index (χ3n) is 5.54. The van der Waals surface area contributed by atoms with E-state index in [0.29, 0.717) is 5.56 Å². The Balaban J connectivity index is 1.80. The van der Waals surface area contributed by atoms with E-state index in [1.54, 1.807) is 48.7 Å². The van der Waals surface area contributed by atoms with E-state index in [-0.39, 0.29) is 10.6 Å². The molecule has 2 N–H and O–H groups in total. The third-order valence-corrected chi connectivity index (χ3v) is 7.00. The highest BCUT2D eigenvalue weighted by Gasteiger charge is 2.29. The summed E-state index contributed by atoms with van der Waals surface area (Å²) >= 11 is 0. The SMILES string of the molecule is Cc1ccc(S(=O)(=O)N[C@H](c2ccccc2)[C@H](N=Cc2ccccc2O)c2ccccc2)cc1. The van der Waals surface area contributed by atoms with Gasteiger partial charge in [0.25, 0.3) is 0 Å². The van der Waals surface area contributed by atoms with Crippen LogP contribution in [0.5, 0.6) is 5.75 Å². The van der Waals surface area contributed by atoms with E-state index in [2.05, 4.69) is 4.72 Å². The third kappa shape index (κ3) is 5.60. The predicted octanol–water partition coefficient (Wildman–Crippen LogP) is 5.58. The van der Waals surface area contributed by atoms with Crippen molar-refractivity contribution >= 4 is 16.2 Å². The fourth-order valence-electron chi connectivity index (χ4n) is 3.70. The first-order valence-corrected chi connectivity index (χ1v) is 12.4. The number of phenolic OH excluding ortho intramolecular Hbond substituents is 1. The van der Waals surface area contributed by atoms with Crippen molar-refractivity contribution in [1.82, 2.24) is 4.72 Å². The van der Waals surface area contributed by atoms with Crippen LogP contribution in [0.4, 0.5) is 0 Å². The molecule has 6 heteroatoms. The minimum Gasteiger partial charge on any atom is -0.507 e. The van der Waals surface area contributed by atoms with Gasteiger partial charge < -0.3 is 5.11 Å². The van der Waals surface area contributed by atoms with Crippen molar-refractivity contribution in [3.63, 3.8) is 0 Å². The van der Waals surface area contributed by atoms with E-state index in [4.69, 9.17) is 4.99 Å². The molecule has 34 heavy (non-hydrogen) atoms. The molecule has 0 radical (unpaired) electrons. The van der Waals surface area contributed by atoms with Crippen molar-refractivity contribution in [2.75, 3.05) is 0 Å². The number of aliphatic imine (C=N–C) groups is 1. The Labute approximate surface area is 200 Å². The number of hydrogen-bond acceptors (Lipinski definition) is 4. The molecule has 0 aliphatic rings. The molecule has 0 spiro atoms. The molecule has 0 amide bonds. The Morgan fingerprint density at radius 1 is 0.765 bits per heavy atom. The number of nitrogens with zero attached hydrogens (tertiary/aromatic N) is 1. The summed E-state index contributed by atoms with van der Waals surface area (Å²) in [6.07, 6.45) is 1.59. The first-order chi connectivity index (χ1) is 16.4. The van der Waals surface area contributed by atoms with Gasteiger partial charge in [0, 0.05) is 11.8 Å². The molecule has 5 nitrogen and oxygen atoms in total. The van der Waals surface area contributed by atoms with Crippen LogP contribution in [-0.4, -0.2) is 19.7 Å². The first-order valence-electron chi connectivity index (χ1n) is 10.9. The van der Waals surface area contributed by atoms with Crippen molar-refractivity contribution in [3.8, 4) is 5.75 Å². The Kier molecular flexibility index (Phi) is 7.21. The molecule has 0 fully saturated rings. The normalized spacial score (nSPS) is 13.6. The van der Waals surface area contributed by atoms with E-state index < -0.39 is 22.1 Å². The van der Waals surface area contributed by atoms with E-state index in [9.17, 15) is 13.5 Å². The maximum absolute atomic E-state index is 13.4. The topological polar surface area (TPSA) is 78.8 Å². The summed E-state index contributed by atoms with van der Waals surface area (Å²) in [5, 5.41) is 10.2.